The summed E-state index contributed by atoms with van der Waals surface area (Å²) in [6.45, 7) is 11.1. The molecule has 0 rings (SSSR count). The second-order valence-electron chi connectivity index (χ2n) is 17.3. The highest BCUT2D eigenvalue weighted by atomic mass is 15.1. The predicted molar refractivity (Wildman–Crippen MR) is 237 cm³/mol. The topological polar surface area (TPSA) is 3.24 Å². The first-order chi connectivity index (χ1) is 25.3. The molecule has 0 radical (unpaired) electrons. The van der Waals surface area contributed by atoms with E-state index in [1.54, 1.807) is 0 Å². The Morgan fingerprint density at radius 1 is 0.157 bits per heavy atom. The van der Waals surface area contributed by atoms with Crippen molar-refractivity contribution < 1.29 is 0 Å². The first-order valence-electron chi connectivity index (χ1n) is 25.1. The second kappa shape index (κ2) is 48.0. The Labute approximate surface area is 326 Å². The molecule has 0 aromatic rings. The smallest absolute Gasteiger partial charge is 0.00187 e. The minimum absolute atomic E-state index is 1.37. The summed E-state index contributed by atoms with van der Waals surface area (Å²) in [5.41, 5.74) is 0. The minimum atomic E-state index is 1.37. The highest BCUT2D eigenvalue weighted by molar-refractivity contribution is 4.61. The molecule has 1 nitrogen and oxygen atoms in total. The number of rotatable bonds is 47. The largest absolute Gasteiger partial charge is 0.303 e. The Balaban J connectivity index is 3.91. The molecule has 0 aromatic heterocycles. The van der Waals surface area contributed by atoms with Gasteiger partial charge in [-0.3, -0.25) is 0 Å². The van der Waals surface area contributed by atoms with Crippen LogP contribution in [0.5, 0.6) is 0 Å². The van der Waals surface area contributed by atoms with Crippen molar-refractivity contribution in [3.8, 4) is 0 Å². The number of unbranched alkanes of at least 4 members (excludes halogenated alkanes) is 41. The van der Waals surface area contributed by atoms with Gasteiger partial charge in [0, 0.05) is 0 Å². The molecule has 0 aliphatic heterocycles. The van der Waals surface area contributed by atoms with Crippen LogP contribution in [0.15, 0.2) is 0 Å². The SMILES string of the molecule is CCCCCCCCCCCCCCCCCCN(CCCCCCCCCCCCCC)CCCCCCCCCCCCCCCCCC. The normalized spacial score (nSPS) is 11.8. The Morgan fingerprint density at radius 3 is 0.412 bits per heavy atom. The maximum Gasteiger partial charge on any atom is -0.00187 e. The summed E-state index contributed by atoms with van der Waals surface area (Å²) in [7, 11) is 0. The fraction of sp³-hybridized carbons (Fsp3) is 1.00. The molecule has 0 N–H and O–H groups in total. The lowest BCUT2D eigenvalue weighted by atomic mass is 10.0. The van der Waals surface area contributed by atoms with Crippen molar-refractivity contribution in [2.45, 2.75) is 303 Å². The first kappa shape index (κ1) is 51.0. The van der Waals surface area contributed by atoms with E-state index in [1.165, 1.54) is 302 Å². The molecule has 0 aromatic carbocycles. The van der Waals surface area contributed by atoms with Gasteiger partial charge in [-0.2, -0.15) is 0 Å². The van der Waals surface area contributed by atoms with E-state index < -0.39 is 0 Å². The van der Waals surface area contributed by atoms with Gasteiger partial charge >= 0.3 is 0 Å². The molecule has 0 atom stereocenters. The van der Waals surface area contributed by atoms with Crippen molar-refractivity contribution in [3.63, 3.8) is 0 Å². The van der Waals surface area contributed by atoms with Gasteiger partial charge in [-0.1, -0.05) is 284 Å². The summed E-state index contributed by atoms with van der Waals surface area (Å²) < 4.78 is 0. The van der Waals surface area contributed by atoms with Crippen molar-refractivity contribution in [1.29, 1.82) is 0 Å². The molecule has 0 aliphatic rings. The van der Waals surface area contributed by atoms with Crippen molar-refractivity contribution in [1.82, 2.24) is 4.90 Å². The van der Waals surface area contributed by atoms with Crippen molar-refractivity contribution >= 4 is 0 Å². The molecular weight excluding hydrogens is 615 g/mol. The van der Waals surface area contributed by atoms with Crippen LogP contribution in [0.3, 0.4) is 0 Å². The lowest BCUT2D eigenvalue weighted by Crippen LogP contribution is -2.27. The van der Waals surface area contributed by atoms with E-state index in [1.807, 2.05) is 0 Å². The van der Waals surface area contributed by atoms with Crippen LogP contribution in [0.2, 0.25) is 0 Å². The summed E-state index contributed by atoms with van der Waals surface area (Å²) in [6.07, 6.45) is 64.6. The zero-order valence-corrected chi connectivity index (χ0v) is 36.7. The van der Waals surface area contributed by atoms with Gasteiger partial charge in [0.1, 0.15) is 0 Å². The standard InChI is InChI=1S/C50H103N/c1-4-7-10-13-16-19-22-25-27-29-31-34-37-40-43-46-49-51(48-45-42-39-36-33-24-21-18-15-12-9-6-3)50-47-44-41-38-35-32-30-28-26-23-20-17-14-11-8-5-2/h4-50H2,1-3H3. The van der Waals surface area contributed by atoms with Gasteiger partial charge in [-0.25, -0.2) is 0 Å². The summed E-state index contributed by atoms with van der Waals surface area (Å²) in [4.78, 5) is 2.88. The molecule has 0 fully saturated rings. The van der Waals surface area contributed by atoms with Crippen LogP contribution in [0.1, 0.15) is 303 Å². The molecule has 1 heteroatoms. The average molecular weight is 718 g/mol. The Kier molecular flexibility index (Phi) is 47.9. The van der Waals surface area contributed by atoms with Gasteiger partial charge in [-0.05, 0) is 38.9 Å². The Bertz CT molecular complexity index is 535. The molecule has 51 heavy (non-hydrogen) atoms. The third-order valence-corrected chi connectivity index (χ3v) is 12.0. The van der Waals surface area contributed by atoms with E-state index in [9.17, 15) is 0 Å². The summed E-state index contributed by atoms with van der Waals surface area (Å²) in [6, 6.07) is 0. The van der Waals surface area contributed by atoms with Crippen LogP contribution in [-0.2, 0) is 0 Å². The lowest BCUT2D eigenvalue weighted by Gasteiger charge is -2.22. The quantitative estimate of drug-likeness (QED) is 0.0567. The van der Waals surface area contributed by atoms with E-state index in [-0.39, 0.29) is 0 Å². The van der Waals surface area contributed by atoms with Gasteiger partial charge in [0.2, 0.25) is 0 Å². The summed E-state index contributed by atoms with van der Waals surface area (Å²) >= 11 is 0. The molecule has 0 bridgehead atoms. The molecule has 0 amide bonds. The Hall–Kier alpha value is -0.0400. The maximum absolute atomic E-state index is 2.88. The second-order valence-corrected chi connectivity index (χ2v) is 17.3. The maximum atomic E-state index is 2.88. The Morgan fingerprint density at radius 2 is 0.275 bits per heavy atom. The van der Waals surface area contributed by atoms with Gasteiger partial charge < -0.3 is 4.90 Å². The number of hydrogen-bond donors (Lipinski definition) is 0. The van der Waals surface area contributed by atoms with Gasteiger partial charge in [-0.15, -0.1) is 0 Å². The monoisotopic (exact) mass is 718 g/mol. The summed E-state index contributed by atoms with van der Waals surface area (Å²) in [5.74, 6) is 0. The zero-order chi connectivity index (χ0) is 36.8. The molecule has 0 unspecified atom stereocenters. The average Bonchev–Trinajstić information content (AvgIpc) is 3.14. The van der Waals surface area contributed by atoms with Crippen LogP contribution < -0.4 is 0 Å². The molecule has 0 aliphatic carbocycles. The molecule has 308 valence electrons. The van der Waals surface area contributed by atoms with Gasteiger partial charge in [0.05, 0.1) is 0 Å². The molecule has 0 spiro atoms. The van der Waals surface area contributed by atoms with Crippen LogP contribution in [0, 0.1) is 0 Å². The molecular formula is C50H103N. The molecule has 0 saturated carbocycles. The van der Waals surface area contributed by atoms with E-state index in [2.05, 4.69) is 25.7 Å². The van der Waals surface area contributed by atoms with E-state index >= 15 is 0 Å². The minimum Gasteiger partial charge on any atom is -0.303 e. The zero-order valence-electron chi connectivity index (χ0n) is 36.7. The fourth-order valence-corrected chi connectivity index (χ4v) is 8.28. The van der Waals surface area contributed by atoms with Crippen molar-refractivity contribution in [2.24, 2.45) is 0 Å². The first-order valence-corrected chi connectivity index (χ1v) is 25.1. The van der Waals surface area contributed by atoms with Crippen LogP contribution in [-0.4, -0.2) is 24.5 Å². The predicted octanol–water partition coefficient (Wildman–Crippen LogP) is 18.5. The summed E-state index contributed by atoms with van der Waals surface area (Å²) in [5, 5.41) is 0. The van der Waals surface area contributed by atoms with Crippen LogP contribution >= 0.6 is 0 Å². The van der Waals surface area contributed by atoms with Crippen molar-refractivity contribution in [2.75, 3.05) is 19.6 Å². The fourth-order valence-electron chi connectivity index (χ4n) is 8.28. The lowest BCUT2D eigenvalue weighted by molar-refractivity contribution is 0.254. The third kappa shape index (κ3) is 46.0. The van der Waals surface area contributed by atoms with Crippen LogP contribution in [0.4, 0.5) is 0 Å². The highest BCUT2D eigenvalue weighted by Gasteiger charge is 2.06. The number of hydrogen-bond acceptors (Lipinski definition) is 1. The van der Waals surface area contributed by atoms with Crippen molar-refractivity contribution in [3.05, 3.63) is 0 Å². The molecule has 0 heterocycles. The van der Waals surface area contributed by atoms with E-state index in [0.717, 1.165) is 0 Å². The van der Waals surface area contributed by atoms with Crippen LogP contribution in [0.25, 0.3) is 0 Å². The molecule has 0 saturated heterocycles. The van der Waals surface area contributed by atoms with Gasteiger partial charge in [0.15, 0.2) is 0 Å². The highest BCUT2D eigenvalue weighted by Crippen LogP contribution is 2.17. The third-order valence-electron chi connectivity index (χ3n) is 12.0. The van der Waals surface area contributed by atoms with E-state index in [0.29, 0.717) is 0 Å². The van der Waals surface area contributed by atoms with Gasteiger partial charge in [0.25, 0.3) is 0 Å². The number of nitrogens with zero attached hydrogens (tertiary/aromatic N) is 1. The van der Waals surface area contributed by atoms with E-state index in [4.69, 9.17) is 0 Å².